The molecule has 0 unspecified atom stereocenters. The van der Waals surface area contributed by atoms with Crippen LogP contribution in [0, 0.1) is 6.92 Å². The molecule has 1 N–H and O–H groups in total. The summed E-state index contributed by atoms with van der Waals surface area (Å²) in [5, 5.41) is 0. The lowest BCUT2D eigenvalue weighted by atomic mass is 9.88. The van der Waals surface area contributed by atoms with E-state index in [1.807, 2.05) is 31.2 Å². The van der Waals surface area contributed by atoms with Crippen molar-refractivity contribution in [2.75, 3.05) is 13.8 Å². The van der Waals surface area contributed by atoms with Crippen LogP contribution in [0.25, 0.3) is 11.1 Å². The molecule has 170 valence electrons. The molecule has 1 aliphatic carbocycles. The van der Waals surface area contributed by atoms with Crippen molar-refractivity contribution in [3.05, 3.63) is 71.5 Å². The van der Waals surface area contributed by atoms with E-state index in [1.165, 1.54) is 7.05 Å². The van der Waals surface area contributed by atoms with Crippen LogP contribution in [0.15, 0.2) is 59.6 Å². The zero-order valence-electron chi connectivity index (χ0n) is 18.4. The molecule has 0 bridgehead atoms. The Morgan fingerprint density at radius 2 is 1.79 bits per heavy atom. The smallest absolute Gasteiger partial charge is 0.240 e. The third-order valence-electron chi connectivity index (χ3n) is 6.46. The Balaban J connectivity index is 1.34. The van der Waals surface area contributed by atoms with Gasteiger partial charge < -0.3 is 9.47 Å². The van der Waals surface area contributed by atoms with E-state index in [-0.39, 0.29) is 23.9 Å². The molecule has 1 aliphatic heterocycles. The number of sulfonamides is 1. The summed E-state index contributed by atoms with van der Waals surface area (Å²) in [7, 11) is -2.10. The molecule has 2 aromatic carbocycles. The van der Waals surface area contributed by atoms with E-state index in [0.29, 0.717) is 11.5 Å². The number of aryl methyl sites for hydroxylation is 1. The Morgan fingerprint density at radius 1 is 1.06 bits per heavy atom. The van der Waals surface area contributed by atoms with Gasteiger partial charge in [0, 0.05) is 23.9 Å². The molecule has 0 spiro atoms. The van der Waals surface area contributed by atoms with Gasteiger partial charge in [0.05, 0.1) is 10.3 Å². The van der Waals surface area contributed by atoms with Crippen LogP contribution in [0.1, 0.15) is 29.7 Å². The first kappa shape index (κ1) is 21.6. The number of aromatic nitrogens is 1. The number of ether oxygens (including phenoxy) is 2. The molecule has 7 nitrogen and oxygen atoms in total. The number of hydrogen-bond acceptors (Lipinski definition) is 6. The van der Waals surface area contributed by atoms with Gasteiger partial charge in [0.2, 0.25) is 16.8 Å². The third kappa shape index (κ3) is 3.89. The van der Waals surface area contributed by atoms with Gasteiger partial charge in [0.15, 0.2) is 11.5 Å². The number of rotatable bonds is 7. The number of benzene rings is 2. The van der Waals surface area contributed by atoms with Gasteiger partial charge in [0.1, 0.15) is 5.78 Å². The van der Waals surface area contributed by atoms with Gasteiger partial charge in [-0.25, -0.2) is 13.1 Å². The highest BCUT2D eigenvalue weighted by Gasteiger charge is 2.51. The lowest BCUT2D eigenvalue weighted by molar-refractivity contribution is -0.120. The number of fused-ring (bicyclic) bond motifs is 1. The van der Waals surface area contributed by atoms with Crippen LogP contribution in [-0.2, 0) is 26.7 Å². The summed E-state index contributed by atoms with van der Waals surface area (Å²) in [6, 6.07) is 14.3. The Hall–Kier alpha value is -3.23. The molecule has 0 radical (unpaired) electrons. The van der Waals surface area contributed by atoms with E-state index < -0.39 is 15.4 Å². The average molecular weight is 465 g/mol. The molecule has 1 fully saturated rings. The average Bonchev–Trinajstić information content (AvgIpc) is 3.50. The molecule has 1 aromatic heterocycles. The Bertz CT molecular complexity index is 1350. The van der Waals surface area contributed by atoms with Crippen molar-refractivity contribution in [3.63, 3.8) is 0 Å². The van der Waals surface area contributed by atoms with Crippen molar-refractivity contribution in [2.45, 2.75) is 36.5 Å². The number of carbonyl (C=O) groups is 1. The molecule has 0 saturated heterocycles. The number of nitrogens with one attached hydrogen (secondary N) is 1. The predicted molar refractivity (Wildman–Crippen MR) is 123 cm³/mol. The van der Waals surface area contributed by atoms with Crippen LogP contribution in [0.2, 0.25) is 0 Å². The molecule has 5 rings (SSSR count). The van der Waals surface area contributed by atoms with Crippen LogP contribution < -0.4 is 14.2 Å². The van der Waals surface area contributed by atoms with Crippen molar-refractivity contribution in [2.24, 2.45) is 0 Å². The van der Waals surface area contributed by atoms with Crippen LogP contribution in [0.3, 0.4) is 0 Å². The van der Waals surface area contributed by atoms with Crippen LogP contribution >= 0.6 is 0 Å². The second-order valence-electron chi connectivity index (χ2n) is 8.47. The Kier molecular flexibility index (Phi) is 5.22. The van der Waals surface area contributed by atoms with Gasteiger partial charge in [-0.1, -0.05) is 18.2 Å². The molecule has 2 aliphatic rings. The Morgan fingerprint density at radius 3 is 2.45 bits per heavy atom. The van der Waals surface area contributed by atoms with Crippen molar-refractivity contribution >= 4 is 15.8 Å². The van der Waals surface area contributed by atoms with Crippen molar-refractivity contribution in [1.82, 2.24) is 9.71 Å². The summed E-state index contributed by atoms with van der Waals surface area (Å²) in [6.07, 6.45) is 3.66. The van der Waals surface area contributed by atoms with Crippen LogP contribution in [0.4, 0.5) is 0 Å². The SMILES string of the molecule is CNS(=O)(=O)c1ccc(-c2cnc(CC(=O)C3(c4ccc5c(c4)OCO5)CC3)cc2C)cc1. The van der Waals surface area contributed by atoms with Gasteiger partial charge >= 0.3 is 0 Å². The minimum atomic E-state index is -3.48. The topological polar surface area (TPSA) is 94.6 Å². The van der Waals surface area contributed by atoms with Crippen molar-refractivity contribution in [1.29, 1.82) is 0 Å². The van der Waals surface area contributed by atoms with Crippen molar-refractivity contribution in [3.8, 4) is 22.6 Å². The number of nitrogens with zero attached hydrogens (tertiary/aromatic N) is 1. The maximum Gasteiger partial charge on any atom is 0.240 e. The molecular formula is C25H24N2O5S. The summed E-state index contributed by atoms with van der Waals surface area (Å²) in [5.41, 5.74) is 3.97. The number of ketones is 1. The first-order valence-corrected chi connectivity index (χ1v) is 12.2. The standard InChI is InChI=1S/C25H24N2O5S/c1-16-11-19(27-14-21(16)17-3-6-20(7-4-17)33(29,30)26-2)13-24(28)25(9-10-25)18-5-8-22-23(12-18)32-15-31-22/h3-8,11-12,14,26H,9-10,13,15H2,1-2H3. The largest absolute Gasteiger partial charge is 0.454 e. The molecule has 33 heavy (non-hydrogen) atoms. The van der Waals surface area contributed by atoms with Gasteiger partial charge in [0.25, 0.3) is 0 Å². The summed E-state index contributed by atoms with van der Waals surface area (Å²) in [5.74, 6) is 1.56. The zero-order valence-corrected chi connectivity index (χ0v) is 19.2. The first-order chi connectivity index (χ1) is 15.8. The lowest BCUT2D eigenvalue weighted by Crippen LogP contribution is -2.23. The molecule has 8 heteroatoms. The van der Waals surface area contributed by atoms with E-state index in [4.69, 9.17) is 9.47 Å². The maximum absolute atomic E-state index is 13.2. The molecule has 0 atom stereocenters. The zero-order chi connectivity index (χ0) is 23.2. The summed E-state index contributed by atoms with van der Waals surface area (Å²) >= 11 is 0. The minimum absolute atomic E-state index is 0.155. The summed E-state index contributed by atoms with van der Waals surface area (Å²) in [6.45, 7) is 2.18. The van der Waals surface area contributed by atoms with E-state index in [1.54, 1.807) is 30.5 Å². The highest BCUT2D eigenvalue weighted by Crippen LogP contribution is 2.51. The van der Waals surface area contributed by atoms with Gasteiger partial charge in [-0.2, -0.15) is 0 Å². The molecule has 1 saturated carbocycles. The predicted octanol–water partition coefficient (Wildman–Crippen LogP) is 3.54. The molecular weight excluding hydrogens is 440 g/mol. The fourth-order valence-electron chi connectivity index (χ4n) is 4.33. The Labute approximate surface area is 192 Å². The third-order valence-corrected chi connectivity index (χ3v) is 7.89. The van der Waals surface area contributed by atoms with Crippen molar-refractivity contribution < 1.29 is 22.7 Å². The maximum atomic E-state index is 13.2. The quantitative estimate of drug-likeness (QED) is 0.575. The normalized spacial score (nSPS) is 15.9. The number of hydrogen-bond donors (Lipinski definition) is 1. The summed E-state index contributed by atoms with van der Waals surface area (Å²) in [4.78, 5) is 18.0. The van der Waals surface area contributed by atoms with E-state index >= 15 is 0 Å². The number of Topliss-reactive ketones (excluding diaryl/α,β-unsaturated/α-hetero) is 1. The highest BCUT2D eigenvalue weighted by molar-refractivity contribution is 7.89. The second kappa shape index (κ2) is 7.97. The van der Waals surface area contributed by atoms with Crippen LogP contribution in [-0.4, -0.2) is 33.0 Å². The number of carbonyl (C=O) groups excluding carboxylic acids is 1. The molecule has 0 amide bonds. The van der Waals surface area contributed by atoms with E-state index in [0.717, 1.165) is 40.8 Å². The molecule has 3 aromatic rings. The first-order valence-electron chi connectivity index (χ1n) is 10.8. The fourth-order valence-corrected chi connectivity index (χ4v) is 5.06. The molecule has 2 heterocycles. The van der Waals surface area contributed by atoms with E-state index in [2.05, 4.69) is 9.71 Å². The highest BCUT2D eigenvalue weighted by atomic mass is 32.2. The van der Waals surface area contributed by atoms with Gasteiger partial charge in [-0.15, -0.1) is 0 Å². The van der Waals surface area contributed by atoms with Gasteiger partial charge in [-0.05, 0) is 73.8 Å². The monoisotopic (exact) mass is 464 g/mol. The van der Waals surface area contributed by atoms with E-state index in [9.17, 15) is 13.2 Å². The van der Waals surface area contributed by atoms with Crippen LogP contribution in [0.5, 0.6) is 11.5 Å². The summed E-state index contributed by atoms with van der Waals surface area (Å²) < 4.78 is 37.0. The minimum Gasteiger partial charge on any atom is -0.454 e. The fraction of sp³-hybridized carbons (Fsp3) is 0.280. The van der Waals surface area contributed by atoms with Gasteiger partial charge in [-0.3, -0.25) is 9.78 Å². The number of pyridine rings is 1. The lowest BCUT2D eigenvalue weighted by Gasteiger charge is -2.15. The second-order valence-corrected chi connectivity index (χ2v) is 10.4.